The third-order valence-electron chi connectivity index (χ3n) is 1.61. The lowest BCUT2D eigenvalue weighted by Gasteiger charge is -2.13. The molecule has 1 N–H and O–H groups in total. The first kappa shape index (κ1) is 7.18. The van der Waals surface area contributed by atoms with E-state index in [4.69, 9.17) is 0 Å². The molecule has 1 fully saturated rings. The van der Waals surface area contributed by atoms with Crippen LogP contribution in [0, 0.1) is 5.92 Å². The fourth-order valence-corrected chi connectivity index (χ4v) is 1.34. The van der Waals surface area contributed by atoms with Crippen LogP contribution < -0.4 is 4.72 Å². The Morgan fingerprint density at radius 3 is 2.67 bits per heavy atom. The van der Waals surface area contributed by atoms with Crippen LogP contribution in [0.15, 0.2) is 0 Å². The van der Waals surface area contributed by atoms with E-state index >= 15 is 0 Å². The van der Waals surface area contributed by atoms with Gasteiger partial charge in [0.25, 0.3) is 0 Å². The highest BCUT2D eigenvalue weighted by Crippen LogP contribution is 2.32. The van der Waals surface area contributed by atoms with E-state index in [0.717, 1.165) is 0 Å². The van der Waals surface area contributed by atoms with E-state index in [1.54, 1.807) is 0 Å². The summed E-state index contributed by atoms with van der Waals surface area (Å²) in [7, 11) is 0. The van der Waals surface area contributed by atoms with Crippen molar-refractivity contribution >= 4 is 11.3 Å². The van der Waals surface area contributed by atoms with E-state index in [9.17, 15) is 8.76 Å². The summed E-state index contributed by atoms with van der Waals surface area (Å²) in [5, 5.41) is 0. The normalized spacial score (nSPS) is 25.6. The summed E-state index contributed by atoms with van der Waals surface area (Å²) in [6, 6.07) is 0.142. The van der Waals surface area contributed by atoms with Crippen LogP contribution in [0.5, 0.6) is 0 Å². The van der Waals surface area contributed by atoms with Gasteiger partial charge < -0.3 is 4.55 Å². The average molecular weight is 148 g/mol. The van der Waals surface area contributed by atoms with E-state index in [0.29, 0.717) is 5.92 Å². The second kappa shape index (κ2) is 2.77. The lowest BCUT2D eigenvalue weighted by atomic mass is 10.2. The Morgan fingerprint density at radius 2 is 2.33 bits per heavy atom. The van der Waals surface area contributed by atoms with Crippen LogP contribution in [0.25, 0.3) is 0 Å². The van der Waals surface area contributed by atoms with Gasteiger partial charge in [0.15, 0.2) is 0 Å². The van der Waals surface area contributed by atoms with Crippen molar-refractivity contribution in [3.63, 3.8) is 0 Å². The molecule has 0 radical (unpaired) electrons. The number of hydrogen-bond acceptors (Lipinski definition) is 2. The van der Waals surface area contributed by atoms with E-state index in [2.05, 4.69) is 4.72 Å². The lowest BCUT2D eigenvalue weighted by Crippen LogP contribution is -2.29. The summed E-state index contributed by atoms with van der Waals surface area (Å²) in [4.78, 5) is 0. The van der Waals surface area contributed by atoms with Gasteiger partial charge in [0.1, 0.15) is 0 Å². The summed E-state index contributed by atoms with van der Waals surface area (Å²) in [5.41, 5.74) is 0. The van der Waals surface area contributed by atoms with Gasteiger partial charge in [0.05, 0.1) is 0 Å². The number of rotatable bonds is 3. The third kappa shape index (κ3) is 2.43. The molecule has 0 heterocycles. The van der Waals surface area contributed by atoms with Crippen molar-refractivity contribution < 1.29 is 8.76 Å². The molecular formula is C5H10NO2S-. The first-order valence-corrected chi connectivity index (χ1v) is 4.13. The van der Waals surface area contributed by atoms with Crippen LogP contribution in [0.2, 0.25) is 0 Å². The fraction of sp³-hybridized carbons (Fsp3) is 1.00. The summed E-state index contributed by atoms with van der Waals surface area (Å²) >= 11 is -2.08. The first-order valence-electron chi connectivity index (χ1n) is 3.05. The molecule has 4 heteroatoms. The van der Waals surface area contributed by atoms with Crippen LogP contribution in [0.4, 0.5) is 0 Å². The minimum atomic E-state index is -2.08. The second-order valence-corrected chi connectivity index (χ2v) is 3.18. The molecule has 0 aromatic heterocycles. The average Bonchev–Trinajstić information content (AvgIpc) is 2.40. The highest BCUT2D eigenvalue weighted by Gasteiger charge is 2.27. The highest BCUT2D eigenvalue weighted by atomic mass is 32.2. The molecule has 0 aliphatic heterocycles. The quantitative estimate of drug-likeness (QED) is 0.580. The zero-order valence-electron chi connectivity index (χ0n) is 5.29. The van der Waals surface area contributed by atoms with E-state index in [-0.39, 0.29) is 6.04 Å². The van der Waals surface area contributed by atoms with Gasteiger partial charge in [-0.15, -0.1) is 0 Å². The van der Waals surface area contributed by atoms with Crippen molar-refractivity contribution in [2.24, 2.45) is 5.92 Å². The molecule has 9 heavy (non-hydrogen) atoms. The predicted octanol–water partition coefficient (Wildman–Crippen LogP) is 0.169. The topological polar surface area (TPSA) is 52.2 Å². The van der Waals surface area contributed by atoms with Gasteiger partial charge in [-0.05, 0) is 25.7 Å². The molecule has 54 valence electrons. The molecule has 1 rings (SSSR count). The van der Waals surface area contributed by atoms with Crippen molar-refractivity contribution in [2.75, 3.05) is 0 Å². The van der Waals surface area contributed by atoms with Gasteiger partial charge in [-0.2, -0.15) is 0 Å². The van der Waals surface area contributed by atoms with Crippen molar-refractivity contribution in [3.05, 3.63) is 0 Å². The van der Waals surface area contributed by atoms with Crippen molar-refractivity contribution in [1.82, 2.24) is 4.72 Å². The summed E-state index contributed by atoms with van der Waals surface area (Å²) in [6.07, 6.45) is 2.34. The Labute approximate surface area is 57.3 Å². The van der Waals surface area contributed by atoms with Gasteiger partial charge >= 0.3 is 0 Å². The van der Waals surface area contributed by atoms with Gasteiger partial charge in [0, 0.05) is 17.3 Å². The van der Waals surface area contributed by atoms with Crippen LogP contribution in [-0.2, 0) is 11.3 Å². The third-order valence-corrected chi connectivity index (χ3v) is 2.18. The smallest absolute Gasteiger partial charge is 0.0184 e. The maximum absolute atomic E-state index is 10.0. The molecule has 0 spiro atoms. The van der Waals surface area contributed by atoms with Crippen molar-refractivity contribution in [1.29, 1.82) is 0 Å². The lowest BCUT2D eigenvalue weighted by molar-refractivity contribution is 0.495. The molecule has 1 saturated carbocycles. The molecule has 0 aromatic rings. The number of nitrogens with one attached hydrogen (secondary N) is 1. The SMILES string of the molecule is CC(NS(=O)[O-])C1CC1. The summed E-state index contributed by atoms with van der Waals surface area (Å²) < 4.78 is 22.5. The summed E-state index contributed by atoms with van der Waals surface area (Å²) in [6.45, 7) is 1.90. The van der Waals surface area contributed by atoms with Crippen molar-refractivity contribution in [2.45, 2.75) is 25.8 Å². The zero-order valence-corrected chi connectivity index (χ0v) is 6.11. The summed E-state index contributed by atoms with van der Waals surface area (Å²) in [5.74, 6) is 0.600. The van der Waals surface area contributed by atoms with E-state index in [1.165, 1.54) is 12.8 Å². The molecule has 0 bridgehead atoms. The maximum atomic E-state index is 10.0. The second-order valence-electron chi connectivity index (χ2n) is 2.48. The van der Waals surface area contributed by atoms with Gasteiger partial charge in [-0.1, -0.05) is 0 Å². The Hall–Kier alpha value is 0.0700. The molecule has 1 aliphatic carbocycles. The molecule has 0 aromatic carbocycles. The van der Waals surface area contributed by atoms with Crippen molar-refractivity contribution in [3.8, 4) is 0 Å². The monoisotopic (exact) mass is 148 g/mol. The first-order chi connectivity index (χ1) is 4.20. The van der Waals surface area contributed by atoms with Crippen LogP contribution in [0.1, 0.15) is 19.8 Å². The zero-order chi connectivity index (χ0) is 6.85. The Morgan fingerprint density at radius 1 is 1.78 bits per heavy atom. The predicted molar refractivity (Wildman–Crippen MR) is 34.2 cm³/mol. The molecule has 2 unspecified atom stereocenters. The van der Waals surface area contributed by atoms with Gasteiger partial charge in [0.2, 0.25) is 0 Å². The fourth-order valence-electron chi connectivity index (χ4n) is 0.844. The van der Waals surface area contributed by atoms with E-state index in [1.807, 2.05) is 6.92 Å². The van der Waals surface area contributed by atoms with E-state index < -0.39 is 11.3 Å². The van der Waals surface area contributed by atoms with Gasteiger partial charge in [-0.3, -0.25) is 4.21 Å². The molecular weight excluding hydrogens is 138 g/mol. The number of hydrogen-bond donors (Lipinski definition) is 1. The Bertz CT molecular complexity index is 124. The largest absolute Gasteiger partial charge is 0.760 e. The Kier molecular flexibility index (Phi) is 2.21. The molecule has 0 saturated heterocycles. The highest BCUT2D eigenvalue weighted by molar-refractivity contribution is 7.77. The maximum Gasteiger partial charge on any atom is 0.0184 e. The molecule has 1 aliphatic rings. The molecule has 2 atom stereocenters. The van der Waals surface area contributed by atoms with Crippen LogP contribution in [-0.4, -0.2) is 14.8 Å². The van der Waals surface area contributed by atoms with Crippen LogP contribution in [0.3, 0.4) is 0 Å². The molecule has 3 nitrogen and oxygen atoms in total. The minimum absolute atomic E-state index is 0.142. The van der Waals surface area contributed by atoms with Crippen LogP contribution >= 0.6 is 0 Å². The van der Waals surface area contributed by atoms with Gasteiger partial charge in [-0.25, -0.2) is 4.72 Å². The minimum Gasteiger partial charge on any atom is -0.760 e. The standard InChI is InChI=1S/C5H11NO2S/c1-4(5-2-3-5)6-9(7)8/h4-6H,2-3H2,1H3,(H,7,8)/p-1. The Balaban J connectivity index is 2.17. The molecule has 0 amide bonds.